The van der Waals surface area contributed by atoms with Crippen LogP contribution in [0, 0.1) is 5.92 Å². The lowest BCUT2D eigenvalue weighted by Gasteiger charge is -2.37. The Morgan fingerprint density at radius 2 is 1.91 bits per heavy atom. The minimum Gasteiger partial charge on any atom is -0.348 e. The number of benzene rings is 1. The van der Waals surface area contributed by atoms with Gasteiger partial charge in [-0.1, -0.05) is 37.6 Å². The summed E-state index contributed by atoms with van der Waals surface area (Å²) in [5.74, 6) is 1.85. The second-order valence-corrected chi connectivity index (χ2v) is 8.39. The first-order chi connectivity index (χ1) is 10.9. The molecule has 1 aliphatic heterocycles. The van der Waals surface area contributed by atoms with Gasteiger partial charge in [0.15, 0.2) is 0 Å². The third kappa shape index (κ3) is 5.13. The van der Waals surface area contributed by atoms with E-state index < -0.39 is 0 Å². The number of nitrogens with one attached hydrogen (secondary N) is 1. The van der Waals surface area contributed by atoms with E-state index in [1.807, 2.05) is 49.9 Å². The third-order valence-electron chi connectivity index (χ3n) is 4.52. The first-order valence-corrected chi connectivity index (χ1v) is 9.72. The van der Waals surface area contributed by atoms with Crippen molar-refractivity contribution in [2.75, 3.05) is 18.8 Å². The molecule has 23 heavy (non-hydrogen) atoms. The van der Waals surface area contributed by atoms with Crippen LogP contribution in [0.1, 0.15) is 39.3 Å². The summed E-state index contributed by atoms with van der Waals surface area (Å²) in [4.78, 5) is 14.9. The van der Waals surface area contributed by atoms with Crippen LogP contribution in [0.15, 0.2) is 24.3 Å². The maximum absolute atomic E-state index is 12.6. The van der Waals surface area contributed by atoms with Gasteiger partial charge < -0.3 is 5.32 Å². The second-order valence-electron chi connectivity index (χ2n) is 6.61. The molecule has 1 aromatic carbocycles. The normalized spacial score (nSPS) is 21.9. The standard InChI is InChI=1S/C18H27ClN2OS/c1-12(2)17-11-21(9-10-23-17)14(4)18(22)20-13(3)15-5-7-16(19)8-6-15/h5-8,12-14,17H,9-11H2,1-4H3,(H,20,22)/t13-,14+,17-/m0/s1. The zero-order valence-corrected chi connectivity index (χ0v) is 16.0. The third-order valence-corrected chi connectivity index (χ3v) is 6.32. The van der Waals surface area contributed by atoms with Gasteiger partial charge in [-0.05, 0) is 37.5 Å². The molecule has 1 aliphatic rings. The van der Waals surface area contributed by atoms with Gasteiger partial charge in [-0.3, -0.25) is 9.69 Å². The van der Waals surface area contributed by atoms with E-state index in [1.165, 1.54) is 0 Å². The highest BCUT2D eigenvalue weighted by molar-refractivity contribution is 8.00. The number of amides is 1. The van der Waals surface area contributed by atoms with Crippen LogP contribution in [0.4, 0.5) is 0 Å². The minimum absolute atomic E-state index is 0.0118. The van der Waals surface area contributed by atoms with Gasteiger partial charge in [0.25, 0.3) is 0 Å². The summed E-state index contributed by atoms with van der Waals surface area (Å²) in [6.45, 7) is 10.5. The SMILES string of the molecule is CC(C)[C@@H]1CN([C@H](C)C(=O)N[C@@H](C)c2ccc(Cl)cc2)CCS1. The molecule has 0 saturated carbocycles. The monoisotopic (exact) mass is 354 g/mol. The van der Waals surface area contributed by atoms with Crippen molar-refractivity contribution in [1.82, 2.24) is 10.2 Å². The van der Waals surface area contributed by atoms with Gasteiger partial charge in [0.05, 0.1) is 12.1 Å². The van der Waals surface area contributed by atoms with Crippen molar-refractivity contribution in [1.29, 1.82) is 0 Å². The molecular formula is C18H27ClN2OS. The van der Waals surface area contributed by atoms with E-state index in [9.17, 15) is 4.79 Å². The summed E-state index contributed by atoms with van der Waals surface area (Å²) in [6.07, 6.45) is 0. The molecule has 0 spiro atoms. The summed E-state index contributed by atoms with van der Waals surface area (Å²) < 4.78 is 0. The van der Waals surface area contributed by atoms with Crippen LogP contribution in [-0.4, -0.2) is 40.9 Å². The number of hydrogen-bond donors (Lipinski definition) is 1. The van der Waals surface area contributed by atoms with Crippen molar-refractivity contribution < 1.29 is 4.79 Å². The average Bonchev–Trinajstić information content (AvgIpc) is 2.54. The van der Waals surface area contributed by atoms with Gasteiger partial charge >= 0.3 is 0 Å². The Morgan fingerprint density at radius 3 is 2.52 bits per heavy atom. The van der Waals surface area contributed by atoms with Crippen molar-refractivity contribution in [2.24, 2.45) is 5.92 Å². The molecule has 0 unspecified atom stereocenters. The van der Waals surface area contributed by atoms with Crippen molar-refractivity contribution in [3.63, 3.8) is 0 Å². The van der Waals surface area contributed by atoms with E-state index >= 15 is 0 Å². The van der Waals surface area contributed by atoms with Crippen molar-refractivity contribution >= 4 is 29.3 Å². The van der Waals surface area contributed by atoms with Gasteiger partial charge in [-0.25, -0.2) is 0 Å². The van der Waals surface area contributed by atoms with Crippen LogP contribution in [0.2, 0.25) is 5.02 Å². The van der Waals surface area contributed by atoms with Crippen LogP contribution in [-0.2, 0) is 4.79 Å². The van der Waals surface area contributed by atoms with Crippen LogP contribution in [0.3, 0.4) is 0 Å². The maximum Gasteiger partial charge on any atom is 0.237 e. The number of carbonyl (C=O) groups is 1. The van der Waals surface area contributed by atoms with Gasteiger partial charge in [-0.2, -0.15) is 11.8 Å². The number of carbonyl (C=O) groups excluding carboxylic acids is 1. The van der Waals surface area contributed by atoms with Gasteiger partial charge in [0.1, 0.15) is 0 Å². The number of halogens is 1. The molecule has 5 heteroatoms. The highest BCUT2D eigenvalue weighted by atomic mass is 35.5. The molecule has 2 rings (SSSR count). The number of thioether (sulfide) groups is 1. The average molecular weight is 355 g/mol. The summed E-state index contributed by atoms with van der Waals surface area (Å²) in [5.41, 5.74) is 1.07. The van der Waals surface area contributed by atoms with E-state index in [0.717, 1.165) is 24.4 Å². The van der Waals surface area contributed by atoms with Gasteiger partial charge in [0.2, 0.25) is 5.91 Å². The Morgan fingerprint density at radius 1 is 1.26 bits per heavy atom. The molecule has 1 aromatic rings. The van der Waals surface area contributed by atoms with E-state index in [-0.39, 0.29) is 18.0 Å². The molecule has 1 N–H and O–H groups in total. The van der Waals surface area contributed by atoms with E-state index in [0.29, 0.717) is 16.2 Å². The Balaban J connectivity index is 1.92. The first kappa shape index (κ1) is 18.6. The molecule has 1 amide bonds. The summed E-state index contributed by atoms with van der Waals surface area (Å²) in [6, 6.07) is 7.54. The van der Waals surface area contributed by atoms with Crippen LogP contribution >= 0.6 is 23.4 Å². The van der Waals surface area contributed by atoms with Gasteiger partial charge in [-0.15, -0.1) is 0 Å². The quantitative estimate of drug-likeness (QED) is 0.868. The molecule has 0 aliphatic carbocycles. The summed E-state index contributed by atoms with van der Waals surface area (Å²) in [7, 11) is 0. The van der Waals surface area contributed by atoms with E-state index in [4.69, 9.17) is 11.6 Å². The lowest BCUT2D eigenvalue weighted by molar-refractivity contribution is -0.126. The Kier molecular flexibility index (Phi) is 6.81. The molecule has 3 atom stereocenters. The molecule has 1 saturated heterocycles. The summed E-state index contributed by atoms with van der Waals surface area (Å²) >= 11 is 7.95. The fourth-order valence-electron chi connectivity index (χ4n) is 2.79. The molecule has 0 bridgehead atoms. The molecular weight excluding hydrogens is 328 g/mol. The molecule has 1 fully saturated rings. The smallest absolute Gasteiger partial charge is 0.237 e. The van der Waals surface area contributed by atoms with Crippen molar-refractivity contribution in [3.05, 3.63) is 34.9 Å². The first-order valence-electron chi connectivity index (χ1n) is 8.30. The van der Waals surface area contributed by atoms with Crippen LogP contribution in [0.5, 0.6) is 0 Å². The minimum atomic E-state index is -0.0908. The highest BCUT2D eigenvalue weighted by Crippen LogP contribution is 2.26. The lowest BCUT2D eigenvalue weighted by atomic mass is 10.1. The number of nitrogens with zero attached hydrogens (tertiary/aromatic N) is 1. The lowest BCUT2D eigenvalue weighted by Crippen LogP contribution is -2.51. The zero-order valence-electron chi connectivity index (χ0n) is 14.4. The predicted octanol–water partition coefficient (Wildman–Crippen LogP) is 3.98. The molecule has 0 aromatic heterocycles. The van der Waals surface area contributed by atoms with Crippen molar-refractivity contribution in [3.8, 4) is 0 Å². The van der Waals surface area contributed by atoms with Gasteiger partial charge in [0, 0.05) is 29.1 Å². The van der Waals surface area contributed by atoms with E-state index in [2.05, 4.69) is 24.1 Å². The number of rotatable bonds is 5. The second kappa shape index (κ2) is 8.41. The van der Waals surface area contributed by atoms with E-state index in [1.54, 1.807) is 0 Å². The van der Waals surface area contributed by atoms with Crippen LogP contribution in [0.25, 0.3) is 0 Å². The fourth-order valence-corrected chi connectivity index (χ4v) is 4.24. The summed E-state index contributed by atoms with van der Waals surface area (Å²) in [5, 5.41) is 4.46. The zero-order chi connectivity index (χ0) is 17.0. The molecule has 0 radical (unpaired) electrons. The Bertz CT molecular complexity index is 520. The number of hydrogen-bond acceptors (Lipinski definition) is 3. The molecule has 128 valence electrons. The highest BCUT2D eigenvalue weighted by Gasteiger charge is 2.29. The Hall–Kier alpha value is -0.710. The maximum atomic E-state index is 12.6. The topological polar surface area (TPSA) is 32.3 Å². The molecule has 3 nitrogen and oxygen atoms in total. The van der Waals surface area contributed by atoms with Crippen LogP contribution < -0.4 is 5.32 Å². The van der Waals surface area contributed by atoms with Crippen molar-refractivity contribution in [2.45, 2.75) is 45.0 Å². The fraction of sp³-hybridized carbons (Fsp3) is 0.611. The predicted molar refractivity (Wildman–Crippen MR) is 100 cm³/mol. The molecule has 1 heterocycles. The Labute approximate surface area is 149 Å². The largest absolute Gasteiger partial charge is 0.348 e.